The van der Waals surface area contributed by atoms with Gasteiger partial charge in [-0.15, -0.1) is 0 Å². The second-order valence-electron chi connectivity index (χ2n) is 9.04. The Hall–Kier alpha value is -4.18. The minimum Gasteiger partial charge on any atom is -0.507 e. The molecule has 0 saturated carbocycles. The third-order valence-corrected chi connectivity index (χ3v) is 8.14. The number of aliphatic hydroxyl groups is 1. The number of nitrogens with zero attached hydrogens (tertiary/aromatic N) is 2. The Morgan fingerprint density at radius 1 is 1.05 bits per heavy atom. The van der Waals surface area contributed by atoms with Crippen molar-refractivity contribution in [2.45, 2.75) is 19.6 Å². The van der Waals surface area contributed by atoms with Gasteiger partial charge in [0.1, 0.15) is 23.0 Å². The highest BCUT2D eigenvalue weighted by Crippen LogP contribution is 2.46. The summed E-state index contributed by atoms with van der Waals surface area (Å²) in [6, 6.07) is 19.6. The number of hydrogen-bond donors (Lipinski definition) is 1. The van der Waals surface area contributed by atoms with Crippen molar-refractivity contribution in [1.82, 2.24) is 4.98 Å². The molecule has 1 unspecified atom stereocenters. The molecule has 208 valence electrons. The van der Waals surface area contributed by atoms with Gasteiger partial charge in [0, 0.05) is 15.6 Å². The Bertz CT molecular complexity index is 1690. The van der Waals surface area contributed by atoms with Crippen molar-refractivity contribution >= 4 is 63.1 Å². The van der Waals surface area contributed by atoms with E-state index in [-0.39, 0.29) is 26.2 Å². The van der Waals surface area contributed by atoms with Crippen LogP contribution in [0.2, 0.25) is 10.0 Å². The maximum atomic E-state index is 13.5. The van der Waals surface area contributed by atoms with Crippen LogP contribution >= 0.6 is 34.5 Å². The number of ketones is 1. The van der Waals surface area contributed by atoms with E-state index in [0.29, 0.717) is 28.6 Å². The molecule has 1 fully saturated rings. The first-order valence-electron chi connectivity index (χ1n) is 12.3. The molecule has 0 bridgehead atoms. The standard InChI is InChI=1S/C30H22Cl2N2O6S/c1-16-27(29(38)39-2)41-30(33-16)34-24(21-13-10-19(31)14-22(21)32)23(26(36)28(34)37)25(35)18-8-11-20(12-9-18)40-15-17-6-4-3-5-7-17/h3-14,24,35H,15H2,1-2H3/b25-23+. The van der Waals surface area contributed by atoms with Crippen LogP contribution in [-0.4, -0.2) is 34.9 Å². The number of anilines is 1. The van der Waals surface area contributed by atoms with Gasteiger partial charge in [-0.05, 0) is 54.4 Å². The van der Waals surface area contributed by atoms with E-state index >= 15 is 0 Å². The summed E-state index contributed by atoms with van der Waals surface area (Å²) in [6.07, 6.45) is 0. The van der Waals surface area contributed by atoms with Crippen LogP contribution in [0.1, 0.15) is 38.1 Å². The Kier molecular flexibility index (Phi) is 8.12. The zero-order valence-electron chi connectivity index (χ0n) is 21.8. The monoisotopic (exact) mass is 608 g/mol. The first kappa shape index (κ1) is 28.4. The summed E-state index contributed by atoms with van der Waals surface area (Å²) in [5, 5.41) is 12.0. The fourth-order valence-corrected chi connectivity index (χ4v) is 5.94. The number of benzene rings is 3. The van der Waals surface area contributed by atoms with Gasteiger partial charge in [0.25, 0.3) is 5.78 Å². The number of rotatable bonds is 7. The summed E-state index contributed by atoms with van der Waals surface area (Å²) in [7, 11) is 1.23. The summed E-state index contributed by atoms with van der Waals surface area (Å²) in [5.74, 6) is -2.35. The molecule has 41 heavy (non-hydrogen) atoms. The molecule has 1 amide bonds. The molecule has 1 saturated heterocycles. The number of carbonyl (C=O) groups excluding carboxylic acids is 3. The molecule has 3 aromatic carbocycles. The van der Waals surface area contributed by atoms with E-state index in [0.717, 1.165) is 21.8 Å². The van der Waals surface area contributed by atoms with Crippen molar-refractivity contribution in [2.75, 3.05) is 12.0 Å². The van der Waals surface area contributed by atoms with E-state index in [1.165, 1.54) is 13.2 Å². The van der Waals surface area contributed by atoms with Crippen LogP contribution in [0.25, 0.3) is 5.76 Å². The first-order chi connectivity index (χ1) is 19.7. The van der Waals surface area contributed by atoms with Gasteiger partial charge in [-0.25, -0.2) is 9.78 Å². The minimum absolute atomic E-state index is 0.0738. The van der Waals surface area contributed by atoms with Crippen molar-refractivity contribution in [3.63, 3.8) is 0 Å². The molecule has 0 radical (unpaired) electrons. The van der Waals surface area contributed by atoms with E-state index in [9.17, 15) is 19.5 Å². The van der Waals surface area contributed by atoms with Gasteiger partial charge in [0.2, 0.25) is 0 Å². The zero-order valence-corrected chi connectivity index (χ0v) is 24.1. The lowest BCUT2D eigenvalue weighted by Gasteiger charge is -2.24. The van der Waals surface area contributed by atoms with Crippen LogP contribution in [0.3, 0.4) is 0 Å². The average Bonchev–Trinajstić information content (AvgIpc) is 3.48. The van der Waals surface area contributed by atoms with E-state index in [4.69, 9.17) is 32.7 Å². The van der Waals surface area contributed by atoms with Crippen molar-refractivity contribution < 1.29 is 29.0 Å². The Balaban J connectivity index is 1.57. The van der Waals surface area contributed by atoms with Gasteiger partial charge in [-0.3, -0.25) is 14.5 Å². The fourth-order valence-electron chi connectivity index (χ4n) is 4.42. The molecule has 1 N–H and O–H groups in total. The molecule has 11 heteroatoms. The molecule has 5 rings (SSSR count). The van der Waals surface area contributed by atoms with Gasteiger partial charge < -0.3 is 14.6 Å². The summed E-state index contributed by atoms with van der Waals surface area (Å²) < 4.78 is 10.6. The number of Topliss-reactive ketones (excluding diaryl/α,β-unsaturated/α-hetero) is 1. The Morgan fingerprint density at radius 3 is 2.41 bits per heavy atom. The van der Waals surface area contributed by atoms with Crippen LogP contribution in [0.4, 0.5) is 5.13 Å². The summed E-state index contributed by atoms with van der Waals surface area (Å²) in [6.45, 7) is 1.95. The topological polar surface area (TPSA) is 106 Å². The van der Waals surface area contributed by atoms with Crippen LogP contribution in [0.15, 0.2) is 78.4 Å². The number of aryl methyl sites for hydroxylation is 1. The van der Waals surface area contributed by atoms with Crippen molar-refractivity contribution in [2.24, 2.45) is 0 Å². The number of halogens is 2. The SMILES string of the molecule is COC(=O)c1sc(N2C(=O)C(=O)/C(=C(/O)c3ccc(OCc4ccccc4)cc3)C2c2ccc(Cl)cc2Cl)nc1C. The van der Waals surface area contributed by atoms with E-state index in [2.05, 4.69) is 4.98 Å². The van der Waals surface area contributed by atoms with Crippen LogP contribution < -0.4 is 9.64 Å². The highest BCUT2D eigenvalue weighted by Gasteiger charge is 2.49. The predicted molar refractivity (Wildman–Crippen MR) is 157 cm³/mol. The molecule has 1 aliphatic heterocycles. The molecule has 1 aliphatic rings. The highest BCUT2D eigenvalue weighted by molar-refractivity contribution is 7.17. The van der Waals surface area contributed by atoms with Crippen molar-refractivity contribution in [3.05, 3.63) is 116 Å². The molecule has 4 aromatic rings. The smallest absolute Gasteiger partial charge is 0.350 e. The normalized spacial score (nSPS) is 16.2. The summed E-state index contributed by atoms with van der Waals surface area (Å²) in [5.41, 5.74) is 1.76. The van der Waals surface area contributed by atoms with Gasteiger partial charge in [-0.2, -0.15) is 0 Å². The molecule has 8 nitrogen and oxygen atoms in total. The fraction of sp³-hybridized carbons (Fsp3) is 0.133. The van der Waals surface area contributed by atoms with Crippen molar-refractivity contribution in [3.8, 4) is 5.75 Å². The lowest BCUT2D eigenvalue weighted by Crippen LogP contribution is -2.29. The number of amides is 1. The molecular formula is C30H22Cl2N2O6S. The van der Waals surface area contributed by atoms with Crippen LogP contribution in [0.5, 0.6) is 5.75 Å². The lowest BCUT2D eigenvalue weighted by molar-refractivity contribution is -0.132. The number of hydrogen-bond acceptors (Lipinski definition) is 8. The summed E-state index contributed by atoms with van der Waals surface area (Å²) >= 11 is 13.6. The lowest BCUT2D eigenvalue weighted by atomic mass is 9.95. The number of methoxy groups -OCH3 is 1. The number of aromatic nitrogens is 1. The minimum atomic E-state index is -1.15. The van der Waals surface area contributed by atoms with Gasteiger partial charge in [-0.1, -0.05) is 70.9 Å². The predicted octanol–water partition coefficient (Wildman–Crippen LogP) is 6.75. The molecule has 1 atom stereocenters. The molecule has 0 aliphatic carbocycles. The molecule has 0 spiro atoms. The summed E-state index contributed by atoms with van der Waals surface area (Å²) in [4.78, 5) is 44.8. The Labute approximate surface area is 249 Å². The largest absolute Gasteiger partial charge is 0.507 e. The average molecular weight is 609 g/mol. The number of aliphatic hydroxyl groups excluding tert-OH is 1. The van der Waals surface area contributed by atoms with E-state index in [1.807, 2.05) is 30.3 Å². The van der Waals surface area contributed by atoms with E-state index in [1.54, 1.807) is 43.3 Å². The second-order valence-corrected chi connectivity index (χ2v) is 10.9. The first-order valence-corrected chi connectivity index (χ1v) is 13.9. The third-order valence-electron chi connectivity index (χ3n) is 6.44. The van der Waals surface area contributed by atoms with Gasteiger partial charge in [0.15, 0.2) is 5.13 Å². The molecular weight excluding hydrogens is 587 g/mol. The van der Waals surface area contributed by atoms with Gasteiger partial charge in [0.05, 0.1) is 24.4 Å². The van der Waals surface area contributed by atoms with Gasteiger partial charge >= 0.3 is 11.9 Å². The van der Waals surface area contributed by atoms with Crippen molar-refractivity contribution in [1.29, 1.82) is 0 Å². The zero-order chi connectivity index (χ0) is 29.3. The Morgan fingerprint density at radius 2 is 1.76 bits per heavy atom. The molecule has 1 aromatic heterocycles. The molecule has 2 heterocycles. The quantitative estimate of drug-likeness (QED) is 0.107. The maximum Gasteiger partial charge on any atom is 0.350 e. The second kappa shape index (κ2) is 11.7. The van der Waals surface area contributed by atoms with Crippen LogP contribution in [-0.2, 0) is 20.9 Å². The van der Waals surface area contributed by atoms with E-state index < -0.39 is 29.5 Å². The number of thiazole rings is 1. The number of carbonyl (C=O) groups is 3. The number of esters is 1. The highest BCUT2D eigenvalue weighted by atomic mass is 35.5. The van der Waals surface area contributed by atoms with Crippen LogP contribution in [0, 0.1) is 6.92 Å². The maximum absolute atomic E-state index is 13.5. The third kappa shape index (κ3) is 5.56. The number of ether oxygens (including phenoxy) is 2.